The van der Waals surface area contributed by atoms with Crippen molar-refractivity contribution < 1.29 is 19.8 Å². The van der Waals surface area contributed by atoms with Gasteiger partial charge in [0.1, 0.15) is 0 Å². The van der Waals surface area contributed by atoms with Crippen molar-refractivity contribution in [3.63, 3.8) is 0 Å². The zero-order chi connectivity index (χ0) is 14.3. The fraction of sp³-hybridized carbons (Fsp3) is 0.818. The molecule has 7 heteroatoms. The van der Waals surface area contributed by atoms with E-state index < -0.39 is 29.3 Å². The van der Waals surface area contributed by atoms with Crippen molar-refractivity contribution in [2.24, 2.45) is 22.8 Å². The molecule has 0 heterocycles. The van der Waals surface area contributed by atoms with Crippen molar-refractivity contribution in [3.8, 4) is 0 Å². The Labute approximate surface area is 107 Å². The van der Waals surface area contributed by atoms with Crippen LogP contribution in [0.25, 0.3) is 0 Å². The molecular weight excluding hydrogens is 238 g/mol. The molecule has 0 aromatic rings. The molecule has 7 nitrogen and oxygen atoms in total. The SMILES string of the molecule is CC(C)(C(=O)O)C(CC(=O)O)C(CN)NCCN. The highest BCUT2D eigenvalue weighted by atomic mass is 16.4. The van der Waals surface area contributed by atoms with Crippen molar-refractivity contribution >= 4 is 11.9 Å². The summed E-state index contributed by atoms with van der Waals surface area (Å²) in [6.45, 7) is 4.03. The lowest BCUT2D eigenvalue weighted by Gasteiger charge is -2.35. The smallest absolute Gasteiger partial charge is 0.309 e. The zero-order valence-corrected chi connectivity index (χ0v) is 10.8. The van der Waals surface area contributed by atoms with Crippen LogP contribution >= 0.6 is 0 Å². The van der Waals surface area contributed by atoms with Gasteiger partial charge in [0.05, 0.1) is 11.8 Å². The van der Waals surface area contributed by atoms with Crippen LogP contribution in [0.3, 0.4) is 0 Å². The predicted molar refractivity (Wildman–Crippen MR) is 67.1 cm³/mol. The van der Waals surface area contributed by atoms with Gasteiger partial charge < -0.3 is 27.0 Å². The Bertz CT molecular complexity index is 294. The molecule has 0 radical (unpaired) electrons. The first-order chi connectivity index (χ1) is 8.27. The van der Waals surface area contributed by atoms with Gasteiger partial charge in [-0.2, -0.15) is 0 Å². The molecular formula is C11H23N3O4. The van der Waals surface area contributed by atoms with Crippen molar-refractivity contribution in [2.75, 3.05) is 19.6 Å². The van der Waals surface area contributed by atoms with Crippen LogP contribution in [0.15, 0.2) is 0 Å². The predicted octanol–water partition coefficient (Wildman–Crippen LogP) is -0.936. The molecule has 0 fully saturated rings. The minimum atomic E-state index is -1.18. The summed E-state index contributed by atoms with van der Waals surface area (Å²) in [5.74, 6) is -2.69. The van der Waals surface area contributed by atoms with Crippen molar-refractivity contribution in [3.05, 3.63) is 0 Å². The Hall–Kier alpha value is -1.18. The number of nitrogens with one attached hydrogen (secondary N) is 1. The topological polar surface area (TPSA) is 139 Å². The highest BCUT2D eigenvalue weighted by Gasteiger charge is 2.42. The van der Waals surface area contributed by atoms with Gasteiger partial charge in [0.15, 0.2) is 0 Å². The van der Waals surface area contributed by atoms with Crippen molar-refractivity contribution in [1.82, 2.24) is 5.32 Å². The molecule has 0 aliphatic carbocycles. The van der Waals surface area contributed by atoms with Gasteiger partial charge in [0.2, 0.25) is 0 Å². The van der Waals surface area contributed by atoms with Crippen LogP contribution < -0.4 is 16.8 Å². The number of carboxylic acids is 2. The van der Waals surface area contributed by atoms with E-state index in [2.05, 4.69) is 5.32 Å². The van der Waals surface area contributed by atoms with E-state index in [0.29, 0.717) is 13.1 Å². The molecule has 0 saturated carbocycles. The second-order valence-electron chi connectivity index (χ2n) is 4.82. The van der Waals surface area contributed by atoms with Gasteiger partial charge in [-0.3, -0.25) is 9.59 Å². The van der Waals surface area contributed by atoms with Gasteiger partial charge in [0, 0.05) is 31.6 Å². The molecule has 0 saturated heterocycles. The molecule has 2 atom stereocenters. The molecule has 0 aromatic heterocycles. The van der Waals surface area contributed by atoms with Crippen LogP contribution in [0.2, 0.25) is 0 Å². The molecule has 7 N–H and O–H groups in total. The summed E-state index contributed by atoms with van der Waals surface area (Å²) in [6.07, 6.45) is -0.251. The summed E-state index contributed by atoms with van der Waals surface area (Å²) in [6, 6.07) is -0.393. The quantitative estimate of drug-likeness (QED) is 0.361. The maximum absolute atomic E-state index is 11.3. The van der Waals surface area contributed by atoms with Gasteiger partial charge in [-0.1, -0.05) is 0 Å². The fourth-order valence-electron chi connectivity index (χ4n) is 1.91. The van der Waals surface area contributed by atoms with Gasteiger partial charge in [0.25, 0.3) is 0 Å². The van der Waals surface area contributed by atoms with Gasteiger partial charge in [-0.05, 0) is 13.8 Å². The van der Waals surface area contributed by atoms with Gasteiger partial charge in [-0.15, -0.1) is 0 Å². The number of nitrogens with two attached hydrogens (primary N) is 2. The summed E-state index contributed by atoms with van der Waals surface area (Å²) in [7, 11) is 0. The Kier molecular flexibility index (Phi) is 6.82. The molecule has 0 amide bonds. The van der Waals surface area contributed by atoms with Crippen LogP contribution in [0.5, 0.6) is 0 Å². The van der Waals surface area contributed by atoms with Crippen LogP contribution in [0, 0.1) is 11.3 Å². The van der Waals surface area contributed by atoms with E-state index in [1.54, 1.807) is 0 Å². The third-order valence-corrected chi connectivity index (χ3v) is 3.16. The minimum Gasteiger partial charge on any atom is -0.481 e. The standard InChI is InChI=1S/C11H23N3O4/c1-11(2,10(17)18)7(5-9(15)16)8(6-13)14-4-3-12/h7-8,14H,3-6,12-13H2,1-2H3,(H,15,16)(H,17,18). The van der Waals surface area contributed by atoms with E-state index in [9.17, 15) is 14.7 Å². The van der Waals surface area contributed by atoms with E-state index >= 15 is 0 Å². The highest BCUT2D eigenvalue weighted by molar-refractivity contribution is 5.76. The Morgan fingerprint density at radius 1 is 1.28 bits per heavy atom. The lowest BCUT2D eigenvalue weighted by molar-refractivity contribution is -0.152. The fourth-order valence-corrected chi connectivity index (χ4v) is 1.91. The molecule has 0 aliphatic heterocycles. The van der Waals surface area contributed by atoms with Crippen molar-refractivity contribution in [1.29, 1.82) is 0 Å². The van der Waals surface area contributed by atoms with Crippen LogP contribution in [-0.4, -0.2) is 47.8 Å². The third-order valence-electron chi connectivity index (χ3n) is 3.16. The zero-order valence-electron chi connectivity index (χ0n) is 10.8. The highest BCUT2D eigenvalue weighted by Crippen LogP contribution is 2.32. The lowest BCUT2D eigenvalue weighted by Crippen LogP contribution is -2.51. The van der Waals surface area contributed by atoms with Gasteiger partial charge >= 0.3 is 11.9 Å². The number of rotatable bonds is 9. The second kappa shape index (κ2) is 7.30. The van der Waals surface area contributed by atoms with E-state index in [4.69, 9.17) is 16.6 Å². The first-order valence-corrected chi connectivity index (χ1v) is 5.86. The summed E-state index contributed by atoms with van der Waals surface area (Å²) in [5, 5.41) is 21.1. The Balaban J connectivity index is 5.05. The maximum atomic E-state index is 11.3. The maximum Gasteiger partial charge on any atom is 0.309 e. The number of carbonyl (C=O) groups is 2. The monoisotopic (exact) mass is 261 g/mol. The molecule has 18 heavy (non-hydrogen) atoms. The summed E-state index contributed by atoms with van der Waals surface area (Å²) in [4.78, 5) is 22.1. The second-order valence-corrected chi connectivity index (χ2v) is 4.82. The first-order valence-electron chi connectivity index (χ1n) is 5.86. The van der Waals surface area contributed by atoms with E-state index in [-0.39, 0.29) is 13.0 Å². The first kappa shape index (κ1) is 16.8. The molecule has 2 unspecified atom stereocenters. The number of carboxylic acid groups (broad SMARTS) is 2. The number of hydrogen-bond acceptors (Lipinski definition) is 5. The van der Waals surface area contributed by atoms with Crippen LogP contribution in [0.4, 0.5) is 0 Å². The summed E-state index contributed by atoms with van der Waals surface area (Å²) in [5.41, 5.74) is 9.79. The third kappa shape index (κ3) is 4.59. The average Bonchev–Trinajstić information content (AvgIpc) is 2.27. The molecule has 0 bridgehead atoms. The molecule has 0 aromatic carbocycles. The number of aliphatic carboxylic acids is 2. The van der Waals surface area contributed by atoms with Crippen molar-refractivity contribution in [2.45, 2.75) is 26.3 Å². The summed E-state index contributed by atoms with van der Waals surface area (Å²) < 4.78 is 0. The van der Waals surface area contributed by atoms with Gasteiger partial charge in [-0.25, -0.2) is 0 Å². The Morgan fingerprint density at radius 3 is 2.17 bits per heavy atom. The average molecular weight is 261 g/mol. The number of hydrogen-bond donors (Lipinski definition) is 5. The largest absolute Gasteiger partial charge is 0.481 e. The lowest BCUT2D eigenvalue weighted by atomic mass is 9.72. The molecule has 0 rings (SSSR count). The van der Waals surface area contributed by atoms with E-state index in [1.807, 2.05) is 0 Å². The molecule has 0 spiro atoms. The normalized spacial score (nSPS) is 15.1. The Morgan fingerprint density at radius 2 is 1.83 bits per heavy atom. The van der Waals surface area contributed by atoms with E-state index in [1.165, 1.54) is 13.8 Å². The minimum absolute atomic E-state index is 0.161. The van der Waals surface area contributed by atoms with E-state index in [0.717, 1.165) is 0 Å². The van der Waals surface area contributed by atoms with Crippen LogP contribution in [0.1, 0.15) is 20.3 Å². The van der Waals surface area contributed by atoms with Crippen LogP contribution in [-0.2, 0) is 9.59 Å². The molecule has 0 aliphatic rings. The summed E-state index contributed by atoms with van der Waals surface area (Å²) >= 11 is 0. The molecule has 106 valence electrons.